The Morgan fingerprint density at radius 3 is 2.59 bits per heavy atom. The Morgan fingerprint density at radius 2 is 1.89 bits per heavy atom. The van der Waals surface area contributed by atoms with Crippen LogP contribution in [0.1, 0.15) is 102 Å². The molecule has 0 aromatic carbocycles. The summed E-state index contributed by atoms with van der Waals surface area (Å²) in [5.74, 6) is 0.767. The largest absolute Gasteiger partial charge is 0.465 e. The van der Waals surface area contributed by atoms with Crippen molar-refractivity contribution in [3.8, 4) is 0 Å². The number of hydrogen-bond acceptors (Lipinski definition) is 8. The highest BCUT2D eigenvalue weighted by Gasteiger charge is 2.72. The van der Waals surface area contributed by atoms with Crippen LogP contribution in [0.5, 0.6) is 0 Å². The maximum Gasteiger partial charge on any atom is 0.306 e. The minimum absolute atomic E-state index is 0.000811. The topological polar surface area (TPSA) is 121 Å². The first-order chi connectivity index (χ1) is 21.9. The number of ketones is 1. The summed E-state index contributed by atoms with van der Waals surface area (Å²) >= 11 is 3.44. The van der Waals surface area contributed by atoms with Gasteiger partial charge in [-0.05, 0) is 79.0 Å². The highest BCUT2D eigenvalue weighted by Crippen LogP contribution is 2.69. The van der Waals surface area contributed by atoms with E-state index in [0.29, 0.717) is 18.3 Å². The van der Waals surface area contributed by atoms with Gasteiger partial charge in [0.2, 0.25) is 0 Å². The average Bonchev–Trinajstić information content (AvgIpc) is 3.69. The van der Waals surface area contributed by atoms with Crippen molar-refractivity contribution in [2.75, 3.05) is 6.61 Å². The third-order valence-electron chi connectivity index (χ3n) is 12.0. The second kappa shape index (κ2) is 12.4. The Morgan fingerprint density at radius 1 is 1.15 bits per heavy atom. The molecule has 2 aromatic rings. The minimum Gasteiger partial charge on any atom is -0.465 e. The van der Waals surface area contributed by atoms with Crippen molar-refractivity contribution < 1.29 is 33.4 Å². The van der Waals surface area contributed by atoms with E-state index >= 15 is 0 Å². The number of carbonyl (C=O) groups is 3. The van der Waals surface area contributed by atoms with Crippen LogP contribution in [0, 0.1) is 34.5 Å². The fourth-order valence-corrected chi connectivity index (χ4v) is 10.3. The standard InChI is InChI=1S/C36H47BrN2O7/c1-6-31(42)44-13-12-30(41)36(46-32(43)7-2)21(3)14-27-26-11-8-23-15-28-22(16-34(23,4)33(26)29(40)17-35(27,36)5)19-39(38-28)20-25-10-9-24(18-37)45-25/h9-10,15,19,21,26-27,29,33,40H,6-8,11-14,16-18,20H2,1-5H3/t21?,26?,27?,29?,33?,34?,35?,36-/m0/s1. The van der Waals surface area contributed by atoms with Gasteiger partial charge >= 0.3 is 11.9 Å². The lowest BCUT2D eigenvalue weighted by Gasteiger charge is -2.60. The Hall–Kier alpha value is -2.72. The number of allylic oxidation sites excluding steroid dienone is 1. The molecule has 8 atom stereocenters. The van der Waals surface area contributed by atoms with E-state index in [4.69, 9.17) is 19.0 Å². The van der Waals surface area contributed by atoms with Crippen molar-refractivity contribution in [1.29, 1.82) is 0 Å². The van der Waals surface area contributed by atoms with E-state index in [0.717, 1.165) is 42.9 Å². The van der Waals surface area contributed by atoms with Crippen LogP contribution in [0.3, 0.4) is 0 Å². The molecule has 3 fully saturated rings. The van der Waals surface area contributed by atoms with Crippen LogP contribution in [0.2, 0.25) is 0 Å². The molecule has 7 unspecified atom stereocenters. The van der Waals surface area contributed by atoms with Crippen molar-refractivity contribution in [2.24, 2.45) is 34.5 Å². The van der Waals surface area contributed by atoms with E-state index in [1.54, 1.807) is 13.8 Å². The normalized spacial score (nSPS) is 34.5. The molecule has 0 saturated heterocycles. The molecule has 0 radical (unpaired) electrons. The number of esters is 2. The van der Waals surface area contributed by atoms with E-state index in [9.17, 15) is 19.5 Å². The number of rotatable bonds is 10. The molecule has 6 rings (SSSR count). The summed E-state index contributed by atoms with van der Waals surface area (Å²) in [7, 11) is 0. The van der Waals surface area contributed by atoms with Crippen molar-refractivity contribution in [3.05, 3.63) is 46.7 Å². The van der Waals surface area contributed by atoms with E-state index in [1.165, 1.54) is 11.1 Å². The summed E-state index contributed by atoms with van der Waals surface area (Å²) in [6.07, 6.45) is 7.72. The van der Waals surface area contributed by atoms with Crippen LogP contribution in [-0.4, -0.2) is 50.9 Å². The smallest absolute Gasteiger partial charge is 0.306 e. The monoisotopic (exact) mass is 698 g/mol. The summed E-state index contributed by atoms with van der Waals surface area (Å²) < 4.78 is 19.4. The maximum atomic E-state index is 14.2. The van der Waals surface area contributed by atoms with Gasteiger partial charge in [0.1, 0.15) is 11.5 Å². The highest BCUT2D eigenvalue weighted by molar-refractivity contribution is 9.08. The number of ether oxygens (including phenoxy) is 2. The molecule has 250 valence electrons. The first-order valence-electron chi connectivity index (χ1n) is 16.9. The van der Waals surface area contributed by atoms with Gasteiger partial charge in [0, 0.05) is 36.8 Å². The lowest BCUT2D eigenvalue weighted by Crippen LogP contribution is -2.64. The van der Waals surface area contributed by atoms with Crippen LogP contribution in [-0.2, 0) is 42.2 Å². The predicted octanol–water partition coefficient (Wildman–Crippen LogP) is 6.42. The van der Waals surface area contributed by atoms with Gasteiger partial charge in [-0.3, -0.25) is 19.1 Å². The van der Waals surface area contributed by atoms with Gasteiger partial charge in [-0.15, -0.1) is 0 Å². The minimum atomic E-state index is -1.38. The quantitative estimate of drug-likeness (QED) is 0.223. The van der Waals surface area contributed by atoms with Crippen molar-refractivity contribution in [3.63, 3.8) is 0 Å². The average molecular weight is 700 g/mol. The van der Waals surface area contributed by atoms with Gasteiger partial charge in [-0.25, -0.2) is 0 Å². The van der Waals surface area contributed by atoms with Crippen LogP contribution in [0.15, 0.2) is 28.3 Å². The molecule has 2 heterocycles. The van der Waals surface area contributed by atoms with Crippen molar-refractivity contribution >= 4 is 39.7 Å². The van der Waals surface area contributed by atoms with Gasteiger partial charge in [0.05, 0.1) is 30.3 Å². The van der Waals surface area contributed by atoms with Crippen molar-refractivity contribution in [2.45, 2.75) is 110 Å². The summed E-state index contributed by atoms with van der Waals surface area (Å²) in [5.41, 5.74) is 1.10. The second-order valence-corrected chi connectivity index (χ2v) is 15.0. The predicted molar refractivity (Wildman–Crippen MR) is 175 cm³/mol. The third-order valence-corrected chi connectivity index (χ3v) is 12.5. The molecule has 46 heavy (non-hydrogen) atoms. The number of halogens is 1. The van der Waals surface area contributed by atoms with Gasteiger partial charge in [0.15, 0.2) is 11.4 Å². The van der Waals surface area contributed by atoms with E-state index in [1.807, 2.05) is 23.7 Å². The highest BCUT2D eigenvalue weighted by atomic mass is 79.9. The number of alkyl halides is 1. The zero-order valence-electron chi connectivity index (χ0n) is 27.6. The number of Topliss-reactive ketones (excluding diaryl/α,β-unsaturated/α-hetero) is 1. The fraction of sp³-hybridized carbons (Fsp3) is 0.667. The SMILES string of the molecule is CCC(=O)OCCC(=O)[C@@]1(OC(=O)CC)C(C)CC2C3CCC4=Cc5nn(Cc6ccc(CBr)o6)cc5CC4(C)C3C(O)CC21C. The molecule has 0 spiro atoms. The Labute approximate surface area is 279 Å². The lowest BCUT2D eigenvalue weighted by atomic mass is 9.45. The second-order valence-electron chi connectivity index (χ2n) is 14.5. The fourth-order valence-electron chi connectivity index (χ4n) is 10.0. The number of carbonyl (C=O) groups excluding carboxylic acids is 3. The van der Waals surface area contributed by atoms with E-state index in [2.05, 4.69) is 42.1 Å². The molecule has 2 aromatic heterocycles. The molecule has 4 aliphatic rings. The molecular weight excluding hydrogens is 652 g/mol. The molecule has 0 bridgehead atoms. The summed E-state index contributed by atoms with van der Waals surface area (Å²) in [5, 5.41) is 17.8. The van der Waals surface area contributed by atoms with Crippen LogP contribution in [0.25, 0.3) is 6.08 Å². The number of aliphatic hydroxyl groups excluding tert-OH is 1. The number of aliphatic hydroxyl groups is 1. The van der Waals surface area contributed by atoms with Crippen LogP contribution in [0.4, 0.5) is 0 Å². The zero-order valence-corrected chi connectivity index (χ0v) is 29.2. The number of aromatic nitrogens is 2. The molecule has 10 heteroatoms. The molecule has 1 N–H and O–H groups in total. The Bertz CT molecular complexity index is 1540. The van der Waals surface area contributed by atoms with Crippen molar-refractivity contribution in [1.82, 2.24) is 9.78 Å². The lowest BCUT2D eigenvalue weighted by molar-refractivity contribution is -0.206. The van der Waals surface area contributed by atoms with Gasteiger partial charge in [0.25, 0.3) is 0 Å². The van der Waals surface area contributed by atoms with Gasteiger partial charge < -0.3 is 19.0 Å². The summed E-state index contributed by atoms with van der Waals surface area (Å²) in [6, 6.07) is 3.96. The number of hydrogen-bond donors (Lipinski definition) is 1. The van der Waals surface area contributed by atoms with Crippen LogP contribution >= 0.6 is 15.9 Å². The summed E-state index contributed by atoms with van der Waals surface area (Å²) in [6.45, 7) is 10.3. The van der Waals surface area contributed by atoms with E-state index < -0.39 is 23.1 Å². The molecule has 9 nitrogen and oxygen atoms in total. The first-order valence-corrected chi connectivity index (χ1v) is 18.0. The number of nitrogens with zero attached hydrogens (tertiary/aromatic N) is 2. The molecular formula is C36H47BrN2O7. The number of furan rings is 1. The van der Waals surface area contributed by atoms with Crippen LogP contribution < -0.4 is 0 Å². The Kier molecular flexibility index (Phi) is 8.93. The molecule has 0 amide bonds. The molecule has 4 aliphatic carbocycles. The summed E-state index contributed by atoms with van der Waals surface area (Å²) in [4.78, 5) is 39.0. The Balaban J connectivity index is 1.29. The van der Waals surface area contributed by atoms with Gasteiger partial charge in [-0.1, -0.05) is 56.1 Å². The van der Waals surface area contributed by atoms with Gasteiger partial charge in [-0.2, -0.15) is 5.10 Å². The number of fused-ring (bicyclic) bond motifs is 6. The van der Waals surface area contributed by atoms with E-state index in [-0.39, 0.29) is 66.7 Å². The molecule has 3 saturated carbocycles. The molecule has 0 aliphatic heterocycles. The first kappa shape index (κ1) is 33.2. The zero-order chi connectivity index (χ0) is 33.0. The third kappa shape index (κ3) is 5.22. The maximum absolute atomic E-state index is 14.2.